The Hall–Kier alpha value is -3.52. The summed E-state index contributed by atoms with van der Waals surface area (Å²) in [6.45, 7) is 3.59. The molecule has 8 heteroatoms. The van der Waals surface area contributed by atoms with Gasteiger partial charge in [-0.15, -0.1) is 0 Å². The molecule has 0 radical (unpaired) electrons. The van der Waals surface area contributed by atoms with Crippen molar-refractivity contribution < 1.29 is 9.18 Å². The average molecular weight is 424 g/mol. The van der Waals surface area contributed by atoms with Crippen molar-refractivity contribution in [1.82, 2.24) is 14.5 Å². The molecule has 1 heterocycles. The molecule has 0 spiro atoms. The van der Waals surface area contributed by atoms with Gasteiger partial charge in [0.25, 0.3) is 5.56 Å². The Morgan fingerprint density at radius 1 is 1.06 bits per heavy atom. The number of carbonyl (C=O) groups is 1. The third-order valence-electron chi connectivity index (χ3n) is 5.19. The lowest BCUT2D eigenvalue weighted by Gasteiger charge is -2.17. The number of hydrogen-bond acceptors (Lipinski definition) is 5. The third kappa shape index (κ3) is 4.80. The van der Waals surface area contributed by atoms with E-state index in [0.717, 1.165) is 15.7 Å². The predicted octanol–water partition coefficient (Wildman–Crippen LogP) is 2.33. The smallest absolute Gasteiger partial charge is 0.332 e. The van der Waals surface area contributed by atoms with Gasteiger partial charge in [-0.3, -0.25) is 18.7 Å². The van der Waals surface area contributed by atoms with Crippen LogP contribution in [0, 0.1) is 5.82 Å². The summed E-state index contributed by atoms with van der Waals surface area (Å²) in [5.74, 6) is -1.01. The number of halogens is 1. The van der Waals surface area contributed by atoms with Gasteiger partial charge in [-0.2, -0.15) is 0 Å². The second-order valence-corrected chi connectivity index (χ2v) is 7.24. The number of carbonyl (C=O) groups excluding carboxylic acids is 1. The highest BCUT2D eigenvalue weighted by molar-refractivity contribution is 6.01. The molecule has 3 rings (SSSR count). The molecule has 0 fully saturated rings. The van der Waals surface area contributed by atoms with Crippen LogP contribution in [0.25, 0.3) is 0 Å². The molecule has 3 N–H and O–H groups in total. The lowest BCUT2D eigenvalue weighted by Crippen LogP contribution is -2.45. The molecule has 3 aromatic rings. The first-order valence-corrected chi connectivity index (χ1v) is 10.0. The third-order valence-corrected chi connectivity index (χ3v) is 5.19. The van der Waals surface area contributed by atoms with Crippen molar-refractivity contribution in [3.63, 3.8) is 0 Å². The van der Waals surface area contributed by atoms with Crippen LogP contribution in [0.2, 0.25) is 0 Å². The maximum absolute atomic E-state index is 13.1. The first-order chi connectivity index (χ1) is 14.8. The van der Waals surface area contributed by atoms with Crippen LogP contribution < -0.4 is 22.3 Å². The van der Waals surface area contributed by atoms with E-state index in [4.69, 9.17) is 5.73 Å². The molecule has 7 nitrogen and oxygen atoms in total. The Morgan fingerprint density at radius 2 is 1.71 bits per heavy atom. The molecule has 162 valence electrons. The minimum Gasteiger partial charge on any atom is -0.384 e. The van der Waals surface area contributed by atoms with Crippen molar-refractivity contribution in [3.05, 3.63) is 97.9 Å². The number of nitrogens with zero attached hydrogens (tertiary/aromatic N) is 2. The zero-order chi connectivity index (χ0) is 22.5. The summed E-state index contributed by atoms with van der Waals surface area (Å²) >= 11 is 0. The maximum atomic E-state index is 13.1. The number of nitrogens with one attached hydrogen (secondary N) is 1. The summed E-state index contributed by atoms with van der Waals surface area (Å²) in [7, 11) is 0. The van der Waals surface area contributed by atoms with Crippen molar-refractivity contribution in [2.75, 3.05) is 12.3 Å². The molecular weight excluding hydrogens is 399 g/mol. The molecule has 1 unspecified atom stereocenters. The second kappa shape index (κ2) is 9.53. The minimum absolute atomic E-state index is 0.117. The molecule has 0 saturated heterocycles. The molecule has 1 atom stereocenters. The standard InChI is InChI=1S/C23H25FN4O3/c1-3-27-22(30)20(19(29)13-26-15(2)17-9-11-18(24)12-10-17)21(25)28(23(27)31)14-16-7-5-4-6-8-16/h4-12,15,26H,3,13-14,25H2,1-2H3. The SMILES string of the molecule is CCn1c(=O)c(C(=O)CNC(C)c2ccc(F)cc2)c(N)n(Cc2ccccc2)c1=O. The Balaban J connectivity index is 1.91. The van der Waals surface area contributed by atoms with Gasteiger partial charge in [0.15, 0.2) is 5.78 Å². The lowest BCUT2D eigenvalue weighted by atomic mass is 10.1. The summed E-state index contributed by atoms with van der Waals surface area (Å²) in [6.07, 6.45) is 0. The first-order valence-electron chi connectivity index (χ1n) is 10.0. The normalized spacial score (nSPS) is 12.0. The van der Waals surface area contributed by atoms with Gasteiger partial charge in [0.1, 0.15) is 17.2 Å². The molecule has 31 heavy (non-hydrogen) atoms. The summed E-state index contributed by atoms with van der Waals surface area (Å²) < 4.78 is 15.4. The fraction of sp³-hybridized carbons (Fsp3) is 0.261. The van der Waals surface area contributed by atoms with Gasteiger partial charge in [-0.1, -0.05) is 42.5 Å². The first kappa shape index (κ1) is 22.2. The molecule has 0 saturated carbocycles. The average Bonchev–Trinajstić information content (AvgIpc) is 2.76. The highest BCUT2D eigenvalue weighted by atomic mass is 19.1. The number of aromatic nitrogens is 2. The van der Waals surface area contributed by atoms with E-state index < -0.39 is 17.0 Å². The van der Waals surface area contributed by atoms with Crippen LogP contribution in [-0.4, -0.2) is 21.5 Å². The molecule has 2 aromatic carbocycles. The van der Waals surface area contributed by atoms with Gasteiger partial charge in [0.2, 0.25) is 0 Å². The highest BCUT2D eigenvalue weighted by Crippen LogP contribution is 2.14. The van der Waals surface area contributed by atoms with Crippen LogP contribution in [0.4, 0.5) is 10.2 Å². The van der Waals surface area contributed by atoms with E-state index in [-0.39, 0.29) is 42.9 Å². The highest BCUT2D eigenvalue weighted by Gasteiger charge is 2.22. The lowest BCUT2D eigenvalue weighted by molar-refractivity contribution is 0.0985. The van der Waals surface area contributed by atoms with E-state index in [1.54, 1.807) is 19.1 Å². The van der Waals surface area contributed by atoms with Crippen molar-refractivity contribution in [3.8, 4) is 0 Å². The Labute approximate surface area is 178 Å². The van der Waals surface area contributed by atoms with Gasteiger partial charge < -0.3 is 11.1 Å². The van der Waals surface area contributed by atoms with E-state index in [0.29, 0.717) is 0 Å². The number of nitrogens with two attached hydrogens (primary N) is 1. The van der Waals surface area contributed by atoms with E-state index >= 15 is 0 Å². The Bertz CT molecular complexity index is 1180. The number of hydrogen-bond donors (Lipinski definition) is 2. The van der Waals surface area contributed by atoms with Gasteiger partial charge in [-0.05, 0) is 37.1 Å². The van der Waals surface area contributed by atoms with E-state index in [2.05, 4.69) is 5.32 Å². The van der Waals surface area contributed by atoms with E-state index in [1.165, 1.54) is 16.7 Å². The van der Waals surface area contributed by atoms with Gasteiger partial charge in [0, 0.05) is 12.6 Å². The monoisotopic (exact) mass is 424 g/mol. The fourth-order valence-corrected chi connectivity index (χ4v) is 3.38. The van der Waals surface area contributed by atoms with Gasteiger partial charge in [0.05, 0.1) is 13.1 Å². The van der Waals surface area contributed by atoms with E-state index in [1.807, 2.05) is 37.3 Å². The van der Waals surface area contributed by atoms with Crippen LogP contribution >= 0.6 is 0 Å². The van der Waals surface area contributed by atoms with E-state index in [9.17, 15) is 18.8 Å². The number of benzene rings is 2. The minimum atomic E-state index is -0.699. The fourth-order valence-electron chi connectivity index (χ4n) is 3.38. The van der Waals surface area contributed by atoms with Crippen molar-refractivity contribution >= 4 is 11.6 Å². The number of ketones is 1. The summed E-state index contributed by atoms with van der Waals surface area (Å²) in [5, 5.41) is 3.03. The number of Topliss-reactive ketones (excluding diaryl/α,β-unsaturated/α-hetero) is 1. The number of anilines is 1. The van der Waals surface area contributed by atoms with Crippen LogP contribution in [0.15, 0.2) is 64.2 Å². The summed E-state index contributed by atoms with van der Waals surface area (Å²) in [6, 6.07) is 14.9. The molecule has 0 aliphatic heterocycles. The second-order valence-electron chi connectivity index (χ2n) is 7.24. The molecular formula is C23H25FN4O3. The summed E-state index contributed by atoms with van der Waals surface area (Å²) in [5.41, 5.74) is 6.30. The quantitative estimate of drug-likeness (QED) is 0.541. The maximum Gasteiger partial charge on any atom is 0.332 e. The largest absolute Gasteiger partial charge is 0.384 e. The molecule has 0 bridgehead atoms. The van der Waals surface area contributed by atoms with Gasteiger partial charge in [-0.25, -0.2) is 9.18 Å². The molecule has 0 aliphatic carbocycles. The van der Waals surface area contributed by atoms with Crippen molar-refractivity contribution in [1.29, 1.82) is 0 Å². The predicted molar refractivity (Wildman–Crippen MR) is 118 cm³/mol. The van der Waals surface area contributed by atoms with Crippen LogP contribution in [0.3, 0.4) is 0 Å². The summed E-state index contributed by atoms with van der Waals surface area (Å²) in [4.78, 5) is 38.5. The number of rotatable bonds is 8. The van der Waals surface area contributed by atoms with Crippen LogP contribution in [-0.2, 0) is 13.1 Å². The van der Waals surface area contributed by atoms with Gasteiger partial charge >= 0.3 is 5.69 Å². The molecule has 0 aliphatic rings. The molecule has 0 amide bonds. The number of nitrogen functional groups attached to an aromatic ring is 1. The molecule has 1 aromatic heterocycles. The Morgan fingerprint density at radius 3 is 2.32 bits per heavy atom. The Kier molecular flexibility index (Phi) is 6.81. The van der Waals surface area contributed by atoms with Crippen molar-refractivity contribution in [2.45, 2.75) is 33.0 Å². The van der Waals surface area contributed by atoms with Crippen LogP contribution in [0.5, 0.6) is 0 Å². The van der Waals surface area contributed by atoms with Crippen molar-refractivity contribution in [2.24, 2.45) is 0 Å². The zero-order valence-corrected chi connectivity index (χ0v) is 17.5. The van der Waals surface area contributed by atoms with Crippen LogP contribution in [0.1, 0.15) is 41.4 Å². The zero-order valence-electron chi connectivity index (χ0n) is 17.5. The topological polar surface area (TPSA) is 99.1 Å².